The Morgan fingerprint density at radius 2 is 2.08 bits per heavy atom. The Kier molecular flexibility index (Phi) is 6.36. The minimum Gasteiger partial charge on any atom is -0.460 e. The smallest absolute Gasteiger partial charge is 0.312 e. The molecule has 0 amide bonds. The molecule has 1 aliphatic carbocycles. The molecule has 144 valence electrons. The van der Waals surface area contributed by atoms with Crippen LogP contribution in [0, 0.1) is 17.3 Å². The van der Waals surface area contributed by atoms with E-state index in [-0.39, 0.29) is 17.3 Å². The second-order valence-corrected chi connectivity index (χ2v) is 8.43. The van der Waals surface area contributed by atoms with Gasteiger partial charge in [-0.15, -0.1) is 0 Å². The molecule has 0 bridgehead atoms. The molecule has 1 aromatic carbocycles. The molecule has 4 nitrogen and oxygen atoms in total. The number of rotatable bonds is 6. The third-order valence-electron chi connectivity index (χ3n) is 6.36. The van der Waals surface area contributed by atoms with Crippen molar-refractivity contribution in [2.24, 2.45) is 17.3 Å². The van der Waals surface area contributed by atoms with E-state index in [9.17, 15) is 4.79 Å². The lowest BCUT2D eigenvalue weighted by atomic mass is 9.75. The average Bonchev–Trinajstić information content (AvgIpc) is 3.08. The van der Waals surface area contributed by atoms with Gasteiger partial charge in [-0.25, -0.2) is 0 Å². The van der Waals surface area contributed by atoms with E-state index in [1.54, 1.807) is 0 Å². The van der Waals surface area contributed by atoms with Crippen molar-refractivity contribution in [1.82, 2.24) is 5.32 Å². The van der Waals surface area contributed by atoms with Crippen LogP contribution >= 0.6 is 0 Å². The van der Waals surface area contributed by atoms with Crippen LogP contribution in [-0.4, -0.2) is 31.3 Å². The van der Waals surface area contributed by atoms with Crippen LogP contribution in [0.2, 0.25) is 0 Å². The van der Waals surface area contributed by atoms with Gasteiger partial charge in [0.05, 0.1) is 12.0 Å². The highest BCUT2D eigenvalue weighted by Crippen LogP contribution is 2.46. The lowest BCUT2D eigenvalue weighted by Gasteiger charge is -2.34. The zero-order valence-electron chi connectivity index (χ0n) is 16.4. The van der Waals surface area contributed by atoms with Crippen molar-refractivity contribution in [2.75, 3.05) is 13.2 Å². The molecule has 1 saturated heterocycles. The fraction of sp³-hybridized carbons (Fsp3) is 0.682. The molecule has 4 heteroatoms. The maximum Gasteiger partial charge on any atom is 0.312 e. The van der Waals surface area contributed by atoms with Crippen LogP contribution in [0.5, 0.6) is 0 Å². The summed E-state index contributed by atoms with van der Waals surface area (Å²) in [6.45, 7) is 8.59. The van der Waals surface area contributed by atoms with Gasteiger partial charge >= 0.3 is 5.97 Å². The van der Waals surface area contributed by atoms with E-state index in [0.29, 0.717) is 24.6 Å². The Labute approximate surface area is 157 Å². The molecule has 1 saturated carbocycles. The van der Waals surface area contributed by atoms with Gasteiger partial charge in [-0.05, 0) is 43.1 Å². The minimum absolute atomic E-state index is 0.0271. The van der Waals surface area contributed by atoms with Gasteiger partial charge in [0.2, 0.25) is 0 Å². The monoisotopic (exact) mass is 359 g/mol. The Morgan fingerprint density at radius 3 is 2.77 bits per heavy atom. The Morgan fingerprint density at radius 1 is 1.31 bits per heavy atom. The topological polar surface area (TPSA) is 47.6 Å². The molecule has 1 aromatic rings. The van der Waals surface area contributed by atoms with Crippen molar-refractivity contribution < 1.29 is 14.3 Å². The molecular weight excluding hydrogens is 326 g/mol. The van der Waals surface area contributed by atoms with E-state index in [1.807, 2.05) is 30.3 Å². The molecule has 0 radical (unpaired) electrons. The molecule has 26 heavy (non-hydrogen) atoms. The molecule has 0 spiro atoms. The predicted octanol–water partition coefficient (Wildman–Crippen LogP) is 3.94. The summed E-state index contributed by atoms with van der Waals surface area (Å²) >= 11 is 0. The predicted molar refractivity (Wildman–Crippen MR) is 103 cm³/mol. The Bertz CT molecular complexity index is 588. The van der Waals surface area contributed by atoms with Crippen molar-refractivity contribution in [1.29, 1.82) is 0 Å². The summed E-state index contributed by atoms with van der Waals surface area (Å²) in [5, 5.41) is 3.82. The second kappa shape index (κ2) is 8.53. The van der Waals surface area contributed by atoms with Crippen LogP contribution in [0.25, 0.3) is 0 Å². The summed E-state index contributed by atoms with van der Waals surface area (Å²) in [4.78, 5) is 13.0. The van der Waals surface area contributed by atoms with E-state index in [2.05, 4.69) is 26.1 Å². The Balaban J connectivity index is 1.60. The maximum atomic E-state index is 13.0. The fourth-order valence-corrected chi connectivity index (χ4v) is 4.46. The number of nitrogens with one attached hydrogen (secondary N) is 1. The van der Waals surface area contributed by atoms with Gasteiger partial charge in [0.25, 0.3) is 0 Å². The lowest BCUT2D eigenvalue weighted by Crippen LogP contribution is -2.46. The molecule has 1 heterocycles. The zero-order chi connectivity index (χ0) is 18.6. The highest BCUT2D eigenvalue weighted by Gasteiger charge is 2.49. The summed E-state index contributed by atoms with van der Waals surface area (Å²) in [5.41, 5.74) is 0.685. The average molecular weight is 360 g/mol. The molecule has 1 N–H and O–H groups in total. The third-order valence-corrected chi connectivity index (χ3v) is 6.36. The van der Waals surface area contributed by atoms with E-state index >= 15 is 0 Å². The quantitative estimate of drug-likeness (QED) is 0.782. The largest absolute Gasteiger partial charge is 0.460 e. The number of benzene rings is 1. The van der Waals surface area contributed by atoms with E-state index < -0.39 is 0 Å². The van der Waals surface area contributed by atoms with Gasteiger partial charge in [0.1, 0.15) is 6.61 Å². The summed E-state index contributed by atoms with van der Waals surface area (Å²) in [6.07, 6.45) is 3.89. The first-order chi connectivity index (χ1) is 12.5. The van der Waals surface area contributed by atoms with Gasteiger partial charge < -0.3 is 14.8 Å². The molecule has 2 unspecified atom stereocenters. The van der Waals surface area contributed by atoms with Crippen molar-refractivity contribution >= 4 is 5.97 Å². The standard InChI is InChI=1S/C22H33NO3/c1-16(2)22(21(24)26-15-18-7-5-4-6-8-18)11-9-19(13-22)23-20-10-12-25-14-17(20)3/h4-8,16-17,19-20,23H,9-15H2,1-3H3/t17?,19-,20?,22+/m1/s1. The number of ether oxygens (including phenoxy) is 2. The molecule has 1 aliphatic heterocycles. The SMILES string of the molecule is CC1COCCC1N[C@@H]1CC[C@@](C(=O)OCc2ccccc2)(C(C)C)C1. The Hall–Kier alpha value is -1.39. The van der Waals surface area contributed by atoms with Gasteiger partial charge in [-0.3, -0.25) is 4.79 Å². The van der Waals surface area contributed by atoms with E-state index in [4.69, 9.17) is 9.47 Å². The van der Waals surface area contributed by atoms with Crippen LogP contribution in [0.4, 0.5) is 0 Å². The second-order valence-electron chi connectivity index (χ2n) is 8.43. The summed E-state index contributed by atoms with van der Waals surface area (Å²) in [7, 11) is 0. The van der Waals surface area contributed by atoms with Crippen LogP contribution in [0.3, 0.4) is 0 Å². The van der Waals surface area contributed by atoms with Gasteiger partial charge in [0.15, 0.2) is 0 Å². The van der Waals surface area contributed by atoms with Crippen molar-refractivity contribution in [2.45, 2.75) is 65.1 Å². The van der Waals surface area contributed by atoms with Crippen LogP contribution in [-0.2, 0) is 20.9 Å². The fourth-order valence-electron chi connectivity index (χ4n) is 4.46. The van der Waals surface area contributed by atoms with E-state index in [1.165, 1.54) is 0 Å². The molecule has 2 aliphatic rings. The van der Waals surface area contributed by atoms with Gasteiger partial charge in [-0.2, -0.15) is 0 Å². The normalized spacial score (nSPS) is 31.9. The molecular formula is C22H33NO3. The molecule has 2 fully saturated rings. The number of carbonyl (C=O) groups is 1. The summed E-state index contributed by atoms with van der Waals surface area (Å²) in [5.74, 6) is 0.785. The van der Waals surface area contributed by atoms with Gasteiger partial charge in [0, 0.05) is 18.7 Å². The summed E-state index contributed by atoms with van der Waals surface area (Å²) in [6, 6.07) is 10.8. The first-order valence-corrected chi connectivity index (χ1v) is 10.1. The number of esters is 1. The van der Waals surface area contributed by atoms with Crippen molar-refractivity contribution in [3.63, 3.8) is 0 Å². The van der Waals surface area contributed by atoms with Crippen LogP contribution in [0.1, 0.15) is 52.0 Å². The van der Waals surface area contributed by atoms with E-state index in [0.717, 1.165) is 44.5 Å². The minimum atomic E-state index is -0.360. The first kappa shape index (κ1) is 19.4. The first-order valence-electron chi connectivity index (χ1n) is 10.1. The van der Waals surface area contributed by atoms with Crippen LogP contribution in [0.15, 0.2) is 30.3 Å². The summed E-state index contributed by atoms with van der Waals surface area (Å²) < 4.78 is 11.3. The highest BCUT2D eigenvalue weighted by molar-refractivity contribution is 5.77. The third kappa shape index (κ3) is 4.29. The van der Waals surface area contributed by atoms with Crippen molar-refractivity contribution in [3.8, 4) is 0 Å². The number of carbonyl (C=O) groups excluding carboxylic acids is 1. The van der Waals surface area contributed by atoms with Gasteiger partial charge in [-0.1, -0.05) is 51.1 Å². The highest BCUT2D eigenvalue weighted by atomic mass is 16.5. The molecule has 4 atom stereocenters. The number of hydrogen-bond acceptors (Lipinski definition) is 4. The zero-order valence-corrected chi connectivity index (χ0v) is 16.4. The van der Waals surface area contributed by atoms with Crippen molar-refractivity contribution in [3.05, 3.63) is 35.9 Å². The number of hydrogen-bond donors (Lipinski definition) is 1. The van der Waals surface area contributed by atoms with Crippen LogP contribution < -0.4 is 5.32 Å². The molecule has 3 rings (SSSR count). The lowest BCUT2D eigenvalue weighted by molar-refractivity contribution is -0.160. The maximum absolute atomic E-state index is 13.0. The molecule has 0 aromatic heterocycles.